The van der Waals surface area contributed by atoms with Gasteiger partial charge in [0.25, 0.3) is 0 Å². The van der Waals surface area contributed by atoms with Crippen LogP contribution in [0.15, 0.2) is 11.4 Å². The molecule has 2 heterocycles. The predicted molar refractivity (Wildman–Crippen MR) is 53.5 cm³/mol. The van der Waals surface area contributed by atoms with Crippen molar-refractivity contribution >= 4 is 29.1 Å². The summed E-state index contributed by atoms with van der Waals surface area (Å²) in [5.74, 6) is 1.77. The van der Waals surface area contributed by atoms with E-state index in [0.29, 0.717) is 12.3 Å². The number of Topliss-reactive ketones (excluding diaryl/α,β-unsaturated/α-hetero) is 1. The van der Waals surface area contributed by atoms with Crippen molar-refractivity contribution in [1.82, 2.24) is 4.37 Å². The highest BCUT2D eigenvalue weighted by Crippen LogP contribution is 2.16. The van der Waals surface area contributed by atoms with Gasteiger partial charge in [0.2, 0.25) is 5.78 Å². The van der Waals surface area contributed by atoms with Gasteiger partial charge in [0.05, 0.1) is 6.61 Å². The van der Waals surface area contributed by atoms with Crippen LogP contribution >= 0.6 is 23.3 Å². The van der Waals surface area contributed by atoms with Crippen LogP contribution in [0.1, 0.15) is 10.5 Å². The molecule has 1 fully saturated rings. The molecule has 1 aromatic rings. The quantitative estimate of drug-likeness (QED) is 0.700. The first-order valence-corrected chi connectivity index (χ1v) is 6.01. The number of hydrogen-bond acceptors (Lipinski definition) is 5. The molecule has 0 N–H and O–H groups in total. The minimum absolute atomic E-state index is 0.0217. The molecule has 1 atom stereocenters. The van der Waals surface area contributed by atoms with Gasteiger partial charge in [0.15, 0.2) is 0 Å². The molecule has 70 valence electrons. The van der Waals surface area contributed by atoms with Crippen LogP contribution in [0.5, 0.6) is 0 Å². The minimum atomic E-state index is -0.277. The number of rotatable bonds is 2. The third-order valence-electron chi connectivity index (χ3n) is 1.80. The molecule has 0 spiro atoms. The molecule has 0 radical (unpaired) electrons. The minimum Gasteiger partial charge on any atom is -0.368 e. The van der Waals surface area contributed by atoms with Crippen molar-refractivity contribution < 1.29 is 9.53 Å². The zero-order valence-corrected chi connectivity index (χ0v) is 8.57. The molecule has 2 rings (SSSR count). The molecule has 1 saturated heterocycles. The van der Waals surface area contributed by atoms with Gasteiger partial charge in [-0.3, -0.25) is 4.79 Å². The van der Waals surface area contributed by atoms with Crippen molar-refractivity contribution in [3.8, 4) is 0 Å². The molecular formula is C8H9NO2S2. The van der Waals surface area contributed by atoms with E-state index in [4.69, 9.17) is 4.74 Å². The second-order valence-electron chi connectivity index (χ2n) is 2.68. The number of nitrogens with zero attached hydrogens (tertiary/aromatic N) is 1. The Balaban J connectivity index is 2.04. The number of carbonyl (C=O) groups is 1. The Labute approximate surface area is 84.6 Å². The smallest absolute Gasteiger partial charge is 0.211 e. The van der Waals surface area contributed by atoms with E-state index in [1.54, 1.807) is 17.8 Å². The molecule has 3 nitrogen and oxygen atoms in total. The van der Waals surface area contributed by atoms with E-state index < -0.39 is 0 Å². The fourth-order valence-corrected chi connectivity index (χ4v) is 2.50. The predicted octanol–water partition coefficient (Wildman–Crippen LogP) is 1.46. The van der Waals surface area contributed by atoms with Gasteiger partial charge >= 0.3 is 0 Å². The first kappa shape index (κ1) is 9.18. The topological polar surface area (TPSA) is 39.2 Å². The van der Waals surface area contributed by atoms with Crippen molar-refractivity contribution in [3.05, 3.63) is 17.1 Å². The summed E-state index contributed by atoms with van der Waals surface area (Å²) in [6.45, 7) is 0.672. The van der Waals surface area contributed by atoms with E-state index in [2.05, 4.69) is 4.37 Å². The Morgan fingerprint density at radius 2 is 2.62 bits per heavy atom. The number of hydrogen-bond donors (Lipinski definition) is 0. The van der Waals surface area contributed by atoms with Crippen molar-refractivity contribution in [1.29, 1.82) is 0 Å². The summed E-state index contributed by atoms with van der Waals surface area (Å²) < 4.78 is 9.35. The van der Waals surface area contributed by atoms with E-state index in [9.17, 15) is 4.79 Å². The summed E-state index contributed by atoms with van der Waals surface area (Å²) in [6, 6.07) is 1.75. The monoisotopic (exact) mass is 215 g/mol. The summed E-state index contributed by atoms with van der Waals surface area (Å²) in [5.41, 5.74) is 0.539. The molecule has 0 amide bonds. The number of ketones is 1. The third-order valence-corrected chi connectivity index (χ3v) is 3.35. The average Bonchev–Trinajstić information content (AvgIpc) is 2.71. The molecule has 0 aliphatic carbocycles. The largest absolute Gasteiger partial charge is 0.368 e. The van der Waals surface area contributed by atoms with Gasteiger partial charge in [-0.15, -0.1) is 0 Å². The first-order chi connectivity index (χ1) is 6.38. The second-order valence-corrected chi connectivity index (χ2v) is 4.50. The number of carbonyl (C=O) groups excluding carboxylic acids is 1. The van der Waals surface area contributed by atoms with Crippen LogP contribution in [0.2, 0.25) is 0 Å². The van der Waals surface area contributed by atoms with E-state index in [0.717, 1.165) is 11.5 Å². The highest BCUT2D eigenvalue weighted by atomic mass is 32.2. The summed E-state index contributed by atoms with van der Waals surface area (Å²) in [7, 11) is 0. The Morgan fingerprint density at radius 1 is 1.69 bits per heavy atom. The molecule has 1 unspecified atom stereocenters. The van der Waals surface area contributed by atoms with E-state index in [-0.39, 0.29) is 11.9 Å². The Kier molecular flexibility index (Phi) is 2.97. The van der Waals surface area contributed by atoms with Crippen LogP contribution in [-0.4, -0.2) is 34.4 Å². The molecular weight excluding hydrogens is 206 g/mol. The molecule has 0 bridgehead atoms. The summed E-state index contributed by atoms with van der Waals surface area (Å²) in [4.78, 5) is 11.7. The first-order valence-electron chi connectivity index (χ1n) is 4.02. The average molecular weight is 215 g/mol. The highest BCUT2D eigenvalue weighted by molar-refractivity contribution is 7.99. The molecule has 13 heavy (non-hydrogen) atoms. The summed E-state index contributed by atoms with van der Waals surface area (Å²) in [5, 5.41) is 1.81. The summed E-state index contributed by atoms with van der Waals surface area (Å²) >= 11 is 3.06. The van der Waals surface area contributed by atoms with E-state index in [1.807, 2.05) is 5.38 Å². The molecule has 1 aromatic heterocycles. The highest BCUT2D eigenvalue weighted by Gasteiger charge is 2.24. The number of aromatic nitrogens is 1. The van der Waals surface area contributed by atoms with Gasteiger partial charge in [-0.2, -0.15) is 16.1 Å². The van der Waals surface area contributed by atoms with Gasteiger partial charge in [-0.05, 0) is 17.6 Å². The van der Waals surface area contributed by atoms with Crippen molar-refractivity contribution in [2.24, 2.45) is 0 Å². The van der Waals surface area contributed by atoms with Crippen molar-refractivity contribution in [2.75, 3.05) is 18.1 Å². The normalized spacial score (nSPS) is 22.9. The Hall–Kier alpha value is -0.390. The standard InChI is InChI=1S/C8H9NO2S2/c10-8(6-1-3-13-9-6)7-5-12-4-2-11-7/h1,3,7H,2,4-5H2. The maximum atomic E-state index is 11.7. The van der Waals surface area contributed by atoms with Crippen LogP contribution in [-0.2, 0) is 4.74 Å². The molecule has 0 saturated carbocycles. The zero-order valence-electron chi connectivity index (χ0n) is 6.93. The van der Waals surface area contributed by atoms with E-state index >= 15 is 0 Å². The number of thioether (sulfide) groups is 1. The summed E-state index contributed by atoms with van der Waals surface area (Å²) in [6.07, 6.45) is -0.277. The third kappa shape index (κ3) is 2.10. The molecule has 1 aliphatic rings. The molecule has 1 aliphatic heterocycles. The van der Waals surface area contributed by atoms with Crippen LogP contribution in [0.25, 0.3) is 0 Å². The molecule has 0 aromatic carbocycles. The SMILES string of the molecule is O=C(c1ccsn1)C1CSCCO1. The maximum absolute atomic E-state index is 11.7. The van der Waals surface area contributed by atoms with Gasteiger partial charge in [-0.1, -0.05) is 0 Å². The lowest BCUT2D eigenvalue weighted by molar-refractivity contribution is 0.0515. The fourth-order valence-electron chi connectivity index (χ4n) is 1.14. The zero-order chi connectivity index (χ0) is 9.10. The van der Waals surface area contributed by atoms with Crippen LogP contribution in [0.3, 0.4) is 0 Å². The van der Waals surface area contributed by atoms with Gasteiger partial charge in [0.1, 0.15) is 11.8 Å². The Morgan fingerprint density at radius 3 is 3.23 bits per heavy atom. The lowest BCUT2D eigenvalue weighted by Crippen LogP contribution is -2.31. The van der Waals surface area contributed by atoms with E-state index in [1.165, 1.54) is 11.5 Å². The van der Waals surface area contributed by atoms with Crippen LogP contribution in [0, 0.1) is 0 Å². The Bertz CT molecular complexity index is 280. The maximum Gasteiger partial charge on any atom is 0.211 e. The van der Waals surface area contributed by atoms with Gasteiger partial charge < -0.3 is 4.74 Å². The van der Waals surface area contributed by atoms with Crippen LogP contribution < -0.4 is 0 Å². The lowest BCUT2D eigenvalue weighted by atomic mass is 10.2. The fraction of sp³-hybridized carbons (Fsp3) is 0.500. The van der Waals surface area contributed by atoms with Crippen LogP contribution in [0.4, 0.5) is 0 Å². The van der Waals surface area contributed by atoms with Gasteiger partial charge in [0, 0.05) is 16.9 Å². The van der Waals surface area contributed by atoms with Crippen molar-refractivity contribution in [2.45, 2.75) is 6.10 Å². The van der Waals surface area contributed by atoms with Crippen molar-refractivity contribution in [3.63, 3.8) is 0 Å². The number of ether oxygens (including phenoxy) is 1. The lowest BCUT2D eigenvalue weighted by Gasteiger charge is -2.19. The molecule has 5 heteroatoms. The second kappa shape index (κ2) is 4.21. The van der Waals surface area contributed by atoms with Gasteiger partial charge in [-0.25, -0.2) is 0 Å².